The van der Waals surface area contributed by atoms with E-state index in [-0.39, 0.29) is 23.8 Å². The number of nitrogen functional groups attached to an aromatic ring is 1. The molecule has 6 nitrogen and oxygen atoms in total. The number of nitrogens with two attached hydrogens (primary N) is 1. The van der Waals surface area contributed by atoms with Gasteiger partial charge in [0.25, 0.3) is 5.91 Å². The first-order chi connectivity index (χ1) is 12.0. The van der Waals surface area contributed by atoms with Gasteiger partial charge in [-0.25, -0.2) is 14.4 Å². The van der Waals surface area contributed by atoms with Gasteiger partial charge in [-0.15, -0.1) is 0 Å². The number of aromatic nitrogens is 3. The van der Waals surface area contributed by atoms with Gasteiger partial charge in [0, 0.05) is 18.0 Å². The van der Waals surface area contributed by atoms with Crippen molar-refractivity contribution in [3.8, 4) is 11.4 Å². The lowest BCUT2D eigenvalue weighted by Gasteiger charge is -2.09. The van der Waals surface area contributed by atoms with E-state index in [4.69, 9.17) is 5.73 Å². The second-order valence-electron chi connectivity index (χ2n) is 5.45. The molecule has 2 heterocycles. The third-order valence-electron chi connectivity index (χ3n) is 3.68. The van der Waals surface area contributed by atoms with E-state index in [1.54, 1.807) is 18.3 Å². The van der Waals surface area contributed by atoms with Crippen molar-refractivity contribution in [2.75, 3.05) is 5.73 Å². The Hall–Kier alpha value is -3.35. The molecule has 0 saturated carbocycles. The summed E-state index contributed by atoms with van der Waals surface area (Å²) in [6.07, 6.45) is 3.00. The van der Waals surface area contributed by atoms with Gasteiger partial charge >= 0.3 is 0 Å². The number of nitrogens with one attached hydrogen (secondary N) is 1. The first kappa shape index (κ1) is 16.5. The van der Waals surface area contributed by atoms with Crippen molar-refractivity contribution in [2.45, 2.75) is 13.5 Å². The smallest absolute Gasteiger partial charge is 0.256 e. The summed E-state index contributed by atoms with van der Waals surface area (Å²) in [6, 6.07) is 9.60. The zero-order valence-electron chi connectivity index (χ0n) is 13.5. The van der Waals surface area contributed by atoms with Crippen LogP contribution < -0.4 is 11.1 Å². The fourth-order valence-electron chi connectivity index (χ4n) is 2.30. The molecule has 0 spiro atoms. The number of rotatable bonds is 4. The summed E-state index contributed by atoms with van der Waals surface area (Å²) in [7, 11) is 0. The quantitative estimate of drug-likeness (QED) is 0.763. The number of carbonyl (C=O) groups is 1. The highest BCUT2D eigenvalue weighted by molar-refractivity contribution is 5.98. The lowest BCUT2D eigenvalue weighted by molar-refractivity contribution is 0.0950. The first-order valence-corrected chi connectivity index (χ1v) is 7.62. The molecule has 0 aliphatic carbocycles. The van der Waals surface area contributed by atoms with Gasteiger partial charge in [0.05, 0.1) is 17.8 Å². The number of pyridine rings is 1. The number of carbonyl (C=O) groups excluding carboxylic acids is 1. The van der Waals surface area contributed by atoms with Crippen LogP contribution in [0.3, 0.4) is 0 Å². The molecule has 0 aliphatic rings. The molecule has 126 valence electrons. The number of amides is 1. The molecule has 0 aliphatic heterocycles. The Labute approximate surface area is 144 Å². The third kappa shape index (κ3) is 3.77. The molecule has 2 aromatic heterocycles. The minimum Gasteiger partial charge on any atom is -0.383 e. The summed E-state index contributed by atoms with van der Waals surface area (Å²) in [5.41, 5.74) is 8.27. The molecule has 3 aromatic rings. The molecule has 0 unspecified atom stereocenters. The van der Waals surface area contributed by atoms with E-state index < -0.39 is 11.7 Å². The van der Waals surface area contributed by atoms with Crippen LogP contribution in [0.4, 0.5) is 10.2 Å². The van der Waals surface area contributed by atoms with Crippen molar-refractivity contribution in [3.05, 3.63) is 71.4 Å². The van der Waals surface area contributed by atoms with Crippen molar-refractivity contribution in [1.29, 1.82) is 0 Å². The van der Waals surface area contributed by atoms with Gasteiger partial charge in [-0.1, -0.05) is 18.2 Å². The van der Waals surface area contributed by atoms with Crippen molar-refractivity contribution in [3.63, 3.8) is 0 Å². The Morgan fingerprint density at radius 2 is 2.08 bits per heavy atom. The van der Waals surface area contributed by atoms with E-state index in [1.807, 2.05) is 19.1 Å². The maximum Gasteiger partial charge on any atom is 0.256 e. The molecule has 3 N–H and O–H groups in total. The van der Waals surface area contributed by atoms with Crippen molar-refractivity contribution < 1.29 is 9.18 Å². The van der Waals surface area contributed by atoms with Crippen molar-refractivity contribution in [1.82, 2.24) is 20.3 Å². The number of nitrogens with zero attached hydrogens (tertiary/aromatic N) is 3. The van der Waals surface area contributed by atoms with Crippen molar-refractivity contribution in [2.24, 2.45) is 0 Å². The zero-order chi connectivity index (χ0) is 17.8. The standard InChI is InChI=1S/C18H16FN5O/c1-11-4-3-7-21-15(11)10-23-18(25)14-9-22-17(24-16(14)20)12-5-2-6-13(19)8-12/h2-9H,10H2,1H3,(H,23,25)(H2,20,22,24). The predicted molar refractivity (Wildman–Crippen MR) is 92.0 cm³/mol. The molecule has 0 saturated heterocycles. The normalized spacial score (nSPS) is 10.5. The van der Waals surface area contributed by atoms with E-state index in [0.29, 0.717) is 5.56 Å². The minimum absolute atomic E-state index is 0.0319. The van der Waals surface area contributed by atoms with Crippen LogP contribution in [0.15, 0.2) is 48.8 Å². The van der Waals surface area contributed by atoms with Crippen LogP contribution in [0.25, 0.3) is 11.4 Å². The van der Waals surface area contributed by atoms with E-state index in [0.717, 1.165) is 11.3 Å². The summed E-state index contributed by atoms with van der Waals surface area (Å²) in [5, 5.41) is 2.74. The molecular weight excluding hydrogens is 321 g/mol. The monoisotopic (exact) mass is 337 g/mol. The minimum atomic E-state index is -0.396. The summed E-state index contributed by atoms with van der Waals surface area (Å²) in [6.45, 7) is 2.19. The molecule has 0 atom stereocenters. The van der Waals surface area contributed by atoms with Crippen LogP contribution in [-0.4, -0.2) is 20.9 Å². The molecule has 1 aromatic carbocycles. The Bertz CT molecular complexity index is 929. The highest BCUT2D eigenvalue weighted by Crippen LogP contribution is 2.18. The van der Waals surface area contributed by atoms with Crippen LogP contribution in [0.2, 0.25) is 0 Å². The van der Waals surface area contributed by atoms with Gasteiger partial charge in [-0.3, -0.25) is 9.78 Å². The van der Waals surface area contributed by atoms with E-state index >= 15 is 0 Å². The molecule has 7 heteroatoms. The Kier molecular flexibility index (Phi) is 4.65. The van der Waals surface area contributed by atoms with Crippen LogP contribution in [-0.2, 0) is 6.54 Å². The van der Waals surface area contributed by atoms with Crippen LogP contribution in [0.1, 0.15) is 21.6 Å². The highest BCUT2D eigenvalue weighted by Gasteiger charge is 2.14. The molecular formula is C18H16FN5O. The van der Waals surface area contributed by atoms with Gasteiger partial charge in [0.15, 0.2) is 5.82 Å². The van der Waals surface area contributed by atoms with Gasteiger partial charge < -0.3 is 11.1 Å². The number of anilines is 1. The maximum atomic E-state index is 13.3. The number of benzene rings is 1. The van der Waals surface area contributed by atoms with Crippen LogP contribution in [0.5, 0.6) is 0 Å². The zero-order valence-corrected chi connectivity index (χ0v) is 13.5. The maximum absolute atomic E-state index is 13.3. The molecule has 0 fully saturated rings. The molecule has 0 bridgehead atoms. The van der Waals surface area contributed by atoms with E-state index in [2.05, 4.69) is 20.3 Å². The molecule has 25 heavy (non-hydrogen) atoms. The van der Waals surface area contributed by atoms with Gasteiger partial charge in [-0.05, 0) is 30.7 Å². The summed E-state index contributed by atoms with van der Waals surface area (Å²) in [4.78, 5) is 24.7. The van der Waals surface area contributed by atoms with Crippen LogP contribution >= 0.6 is 0 Å². The number of aryl methyl sites for hydroxylation is 1. The second kappa shape index (κ2) is 7.04. The first-order valence-electron chi connectivity index (χ1n) is 7.62. The highest BCUT2D eigenvalue weighted by atomic mass is 19.1. The SMILES string of the molecule is Cc1cccnc1CNC(=O)c1cnc(-c2cccc(F)c2)nc1N. The Morgan fingerprint density at radius 3 is 2.80 bits per heavy atom. The summed E-state index contributed by atoms with van der Waals surface area (Å²) < 4.78 is 13.3. The lowest BCUT2D eigenvalue weighted by atomic mass is 10.2. The van der Waals surface area contributed by atoms with Crippen molar-refractivity contribution >= 4 is 11.7 Å². The second-order valence-corrected chi connectivity index (χ2v) is 5.45. The fourth-order valence-corrected chi connectivity index (χ4v) is 2.30. The largest absolute Gasteiger partial charge is 0.383 e. The van der Waals surface area contributed by atoms with Gasteiger partial charge in [0.1, 0.15) is 11.6 Å². The van der Waals surface area contributed by atoms with Gasteiger partial charge in [-0.2, -0.15) is 0 Å². The third-order valence-corrected chi connectivity index (χ3v) is 3.68. The average molecular weight is 337 g/mol. The van der Waals surface area contributed by atoms with Crippen LogP contribution in [0, 0.1) is 12.7 Å². The topological polar surface area (TPSA) is 93.8 Å². The predicted octanol–water partition coefficient (Wildman–Crippen LogP) is 2.50. The fraction of sp³-hybridized carbons (Fsp3) is 0.111. The summed E-state index contributed by atoms with van der Waals surface area (Å²) >= 11 is 0. The number of hydrogen-bond donors (Lipinski definition) is 2. The molecule has 0 radical (unpaired) electrons. The molecule has 1 amide bonds. The Balaban J connectivity index is 1.76. The molecule has 3 rings (SSSR count). The number of halogens is 1. The average Bonchev–Trinajstić information content (AvgIpc) is 2.60. The Morgan fingerprint density at radius 1 is 1.24 bits per heavy atom. The number of hydrogen-bond acceptors (Lipinski definition) is 5. The van der Waals surface area contributed by atoms with E-state index in [1.165, 1.54) is 18.3 Å². The van der Waals surface area contributed by atoms with Gasteiger partial charge in [0.2, 0.25) is 0 Å². The lowest BCUT2D eigenvalue weighted by Crippen LogP contribution is -2.25. The van der Waals surface area contributed by atoms with E-state index in [9.17, 15) is 9.18 Å². The summed E-state index contributed by atoms with van der Waals surface area (Å²) in [5.74, 6) is -0.501.